The zero-order chi connectivity index (χ0) is 23.8. The van der Waals surface area contributed by atoms with Gasteiger partial charge in [-0.2, -0.15) is 0 Å². The van der Waals surface area contributed by atoms with Crippen LogP contribution in [0.25, 0.3) is 17.0 Å². The van der Waals surface area contributed by atoms with Crippen LogP contribution in [-0.4, -0.2) is 15.6 Å². The number of thioether (sulfide) groups is 1. The van der Waals surface area contributed by atoms with E-state index < -0.39 is 0 Å². The van der Waals surface area contributed by atoms with E-state index in [1.54, 1.807) is 24.3 Å². The molecule has 1 N–H and O–H groups in total. The number of aliphatic imine (C=N–C) groups is 1. The maximum absolute atomic E-state index is 12.7. The average Bonchev–Trinajstić information content (AvgIpc) is 3.33. The number of nitrogens with zero attached hydrogens (tertiary/aromatic N) is 2. The van der Waals surface area contributed by atoms with E-state index in [9.17, 15) is 4.79 Å². The quantitative estimate of drug-likeness (QED) is 0.262. The fourth-order valence-electron chi connectivity index (χ4n) is 3.66. The number of carbonyl (C=O) groups is 1. The standard InChI is InChI=1S/C25H15Cl4N3OS/c26-16-9-8-14(19(28)11-16)12-32-13-15(17-4-1-2-7-21(17)32)10-22-24(33)31-25(34-22)30-20-6-3-5-18(27)23(20)29/h1-11,13H,12H2,(H,30,31,33)/b22-10+. The normalized spacial score (nSPS) is 16.1. The van der Waals surface area contributed by atoms with Gasteiger partial charge in [0.15, 0.2) is 5.17 Å². The van der Waals surface area contributed by atoms with Crippen LogP contribution in [0.2, 0.25) is 20.1 Å². The number of amides is 1. The highest BCUT2D eigenvalue weighted by Gasteiger charge is 2.25. The van der Waals surface area contributed by atoms with Crippen molar-refractivity contribution in [3.63, 3.8) is 0 Å². The fourth-order valence-corrected chi connectivity index (χ4v) is 5.30. The number of benzene rings is 3. The molecule has 0 spiro atoms. The lowest BCUT2D eigenvalue weighted by Gasteiger charge is -2.08. The summed E-state index contributed by atoms with van der Waals surface area (Å²) in [6, 6.07) is 18.7. The number of halogens is 4. The van der Waals surface area contributed by atoms with E-state index in [0.29, 0.717) is 42.4 Å². The first-order valence-corrected chi connectivity index (χ1v) is 12.5. The Bertz CT molecular complexity index is 1510. The van der Waals surface area contributed by atoms with Crippen molar-refractivity contribution in [3.05, 3.63) is 103 Å². The number of para-hydroxylation sites is 1. The third-order valence-electron chi connectivity index (χ3n) is 5.27. The summed E-state index contributed by atoms with van der Waals surface area (Å²) in [5, 5.41) is 6.21. The Morgan fingerprint density at radius 2 is 1.79 bits per heavy atom. The van der Waals surface area contributed by atoms with Crippen molar-refractivity contribution >= 4 is 91.9 Å². The summed E-state index contributed by atoms with van der Waals surface area (Å²) < 4.78 is 2.11. The second-order valence-electron chi connectivity index (χ2n) is 7.52. The lowest BCUT2D eigenvalue weighted by molar-refractivity contribution is -0.115. The molecule has 3 aromatic carbocycles. The molecular formula is C25H15Cl4N3OS. The van der Waals surface area contributed by atoms with Crippen molar-refractivity contribution < 1.29 is 4.79 Å². The smallest absolute Gasteiger partial charge is 0.264 e. The number of rotatable bonds is 4. The SMILES string of the molecule is O=C1NC(=Nc2cccc(Cl)c2Cl)S/C1=C/c1cn(Cc2ccc(Cl)cc2Cl)c2ccccc12. The van der Waals surface area contributed by atoms with Crippen molar-refractivity contribution in [2.45, 2.75) is 6.54 Å². The summed E-state index contributed by atoms with van der Waals surface area (Å²) in [6.07, 6.45) is 3.88. The molecule has 0 bridgehead atoms. The van der Waals surface area contributed by atoms with Crippen LogP contribution in [0, 0.1) is 0 Å². The van der Waals surface area contributed by atoms with Gasteiger partial charge in [0.1, 0.15) is 0 Å². The van der Waals surface area contributed by atoms with Crippen LogP contribution in [0.3, 0.4) is 0 Å². The predicted molar refractivity (Wildman–Crippen MR) is 145 cm³/mol. The highest BCUT2D eigenvalue weighted by molar-refractivity contribution is 8.18. The van der Waals surface area contributed by atoms with Gasteiger partial charge in [-0.05, 0) is 53.7 Å². The van der Waals surface area contributed by atoms with Gasteiger partial charge >= 0.3 is 0 Å². The molecule has 0 atom stereocenters. The third kappa shape index (κ3) is 4.72. The number of amidine groups is 1. The molecule has 34 heavy (non-hydrogen) atoms. The zero-order valence-electron chi connectivity index (χ0n) is 17.4. The minimum atomic E-state index is -0.223. The molecule has 170 valence electrons. The summed E-state index contributed by atoms with van der Waals surface area (Å²) in [5.41, 5.74) is 3.39. The van der Waals surface area contributed by atoms with Crippen LogP contribution in [0.4, 0.5) is 5.69 Å². The van der Waals surface area contributed by atoms with E-state index in [0.717, 1.165) is 22.0 Å². The first kappa shape index (κ1) is 23.3. The molecule has 2 heterocycles. The molecule has 4 aromatic rings. The number of carbonyl (C=O) groups excluding carboxylic acids is 1. The number of hydrogen-bond donors (Lipinski definition) is 1. The minimum absolute atomic E-state index is 0.223. The fraction of sp³-hybridized carbons (Fsp3) is 0.0400. The van der Waals surface area contributed by atoms with E-state index >= 15 is 0 Å². The summed E-state index contributed by atoms with van der Waals surface area (Å²) >= 11 is 26.0. The number of hydrogen-bond acceptors (Lipinski definition) is 3. The Balaban J connectivity index is 1.49. The molecule has 0 aliphatic carbocycles. The second-order valence-corrected chi connectivity index (χ2v) is 10.2. The van der Waals surface area contributed by atoms with Crippen molar-refractivity contribution in [2.75, 3.05) is 0 Å². The van der Waals surface area contributed by atoms with Crippen molar-refractivity contribution in [2.24, 2.45) is 4.99 Å². The Labute approximate surface area is 220 Å². The van der Waals surface area contributed by atoms with Crippen LogP contribution in [-0.2, 0) is 11.3 Å². The van der Waals surface area contributed by atoms with Crippen LogP contribution in [0.15, 0.2) is 76.8 Å². The molecule has 1 aromatic heterocycles. The monoisotopic (exact) mass is 545 g/mol. The van der Waals surface area contributed by atoms with Crippen LogP contribution >= 0.6 is 58.2 Å². The molecule has 0 radical (unpaired) electrons. The van der Waals surface area contributed by atoms with Gasteiger partial charge in [-0.15, -0.1) is 0 Å². The summed E-state index contributed by atoms with van der Waals surface area (Å²) in [6.45, 7) is 0.568. The number of nitrogens with one attached hydrogen (secondary N) is 1. The van der Waals surface area contributed by atoms with Crippen molar-refractivity contribution in [1.29, 1.82) is 0 Å². The van der Waals surface area contributed by atoms with Gasteiger partial charge in [-0.25, -0.2) is 4.99 Å². The van der Waals surface area contributed by atoms with Gasteiger partial charge in [-0.1, -0.05) is 76.7 Å². The highest BCUT2D eigenvalue weighted by Crippen LogP contribution is 2.35. The Morgan fingerprint density at radius 1 is 0.971 bits per heavy atom. The van der Waals surface area contributed by atoms with Gasteiger partial charge in [0.2, 0.25) is 0 Å². The lowest BCUT2D eigenvalue weighted by atomic mass is 10.1. The molecule has 1 aliphatic rings. The van der Waals surface area contributed by atoms with Crippen molar-refractivity contribution in [3.8, 4) is 0 Å². The molecule has 1 fully saturated rings. The molecule has 1 aliphatic heterocycles. The van der Waals surface area contributed by atoms with E-state index in [1.807, 2.05) is 48.7 Å². The molecule has 5 rings (SSSR count). The van der Waals surface area contributed by atoms with Gasteiger partial charge in [-0.3, -0.25) is 4.79 Å². The van der Waals surface area contributed by atoms with Gasteiger partial charge in [0.05, 0.1) is 20.6 Å². The topological polar surface area (TPSA) is 46.4 Å². The lowest BCUT2D eigenvalue weighted by Crippen LogP contribution is -2.19. The van der Waals surface area contributed by atoms with Gasteiger partial charge < -0.3 is 9.88 Å². The Morgan fingerprint density at radius 3 is 2.62 bits per heavy atom. The predicted octanol–water partition coefficient (Wildman–Crippen LogP) is 8.19. The molecule has 0 saturated carbocycles. The molecular weight excluding hydrogens is 532 g/mol. The highest BCUT2D eigenvalue weighted by atomic mass is 35.5. The van der Waals surface area contributed by atoms with Crippen LogP contribution in [0.5, 0.6) is 0 Å². The largest absolute Gasteiger partial charge is 0.342 e. The van der Waals surface area contributed by atoms with E-state index in [-0.39, 0.29) is 5.91 Å². The second kappa shape index (κ2) is 9.68. The molecule has 1 amide bonds. The third-order valence-corrected chi connectivity index (χ3v) is 7.57. The molecule has 4 nitrogen and oxygen atoms in total. The summed E-state index contributed by atoms with van der Waals surface area (Å²) in [5.74, 6) is -0.223. The van der Waals surface area contributed by atoms with Gasteiger partial charge in [0.25, 0.3) is 5.91 Å². The van der Waals surface area contributed by atoms with Crippen LogP contribution in [0.1, 0.15) is 11.1 Å². The molecule has 1 saturated heterocycles. The Hall–Kier alpha value is -2.41. The summed E-state index contributed by atoms with van der Waals surface area (Å²) in [4.78, 5) is 17.7. The van der Waals surface area contributed by atoms with E-state index in [4.69, 9.17) is 46.4 Å². The van der Waals surface area contributed by atoms with Crippen molar-refractivity contribution in [1.82, 2.24) is 9.88 Å². The first-order chi connectivity index (χ1) is 16.4. The zero-order valence-corrected chi connectivity index (χ0v) is 21.2. The number of fused-ring (bicyclic) bond motifs is 1. The molecule has 0 unspecified atom stereocenters. The van der Waals surface area contributed by atoms with E-state index in [1.165, 1.54) is 11.8 Å². The maximum atomic E-state index is 12.7. The first-order valence-electron chi connectivity index (χ1n) is 10.1. The van der Waals surface area contributed by atoms with Crippen LogP contribution < -0.4 is 5.32 Å². The maximum Gasteiger partial charge on any atom is 0.264 e. The minimum Gasteiger partial charge on any atom is -0.342 e. The molecule has 9 heteroatoms. The number of aromatic nitrogens is 1. The Kier molecular flexibility index (Phi) is 6.65. The van der Waals surface area contributed by atoms with E-state index in [2.05, 4.69) is 14.9 Å². The average molecular weight is 547 g/mol. The van der Waals surface area contributed by atoms with Gasteiger partial charge in [0, 0.05) is 39.3 Å². The summed E-state index contributed by atoms with van der Waals surface area (Å²) in [7, 11) is 0.